The summed E-state index contributed by atoms with van der Waals surface area (Å²) in [5, 5.41) is 19.0. The van der Waals surface area contributed by atoms with E-state index < -0.39 is 0 Å². The molecule has 1 aromatic heterocycles. The van der Waals surface area contributed by atoms with E-state index in [0.29, 0.717) is 6.42 Å². The molecule has 1 saturated carbocycles. The zero-order valence-corrected chi connectivity index (χ0v) is 16.4. The van der Waals surface area contributed by atoms with Gasteiger partial charge in [-0.1, -0.05) is 6.42 Å². The predicted octanol–water partition coefficient (Wildman–Crippen LogP) is 2.53. The zero-order chi connectivity index (χ0) is 19.3. The number of carbonyl (C=O) groups excluding carboxylic acids is 1. The smallest absolute Gasteiger partial charge is 0.231 e. The van der Waals surface area contributed by atoms with Crippen molar-refractivity contribution in [1.82, 2.24) is 14.8 Å². The fraction of sp³-hybridized carbons (Fsp3) is 0.571. The normalized spacial score (nSPS) is 20.6. The molecule has 0 spiro atoms. The number of aliphatic hydroxyl groups is 1. The van der Waals surface area contributed by atoms with E-state index in [1.807, 2.05) is 4.90 Å². The summed E-state index contributed by atoms with van der Waals surface area (Å²) in [6.07, 6.45) is 5.62. The number of nitrogens with zero attached hydrogens (tertiary/aromatic N) is 5. The van der Waals surface area contributed by atoms with Gasteiger partial charge in [0.2, 0.25) is 11.9 Å². The minimum absolute atomic E-state index is 0.134. The van der Waals surface area contributed by atoms with Gasteiger partial charge in [0.1, 0.15) is 5.82 Å². The first-order valence-electron chi connectivity index (χ1n) is 10.4. The lowest BCUT2D eigenvalue weighted by Gasteiger charge is -2.39. The summed E-state index contributed by atoms with van der Waals surface area (Å²) in [4.78, 5) is 16.2. The average Bonchev–Trinajstić information content (AvgIpc) is 3.38. The maximum atomic E-state index is 12.1. The highest BCUT2D eigenvalue weighted by molar-refractivity contribution is 5.95. The number of amides is 1. The molecule has 0 radical (unpaired) electrons. The van der Waals surface area contributed by atoms with Crippen molar-refractivity contribution in [2.24, 2.45) is 0 Å². The Morgan fingerprint density at radius 2 is 1.96 bits per heavy atom. The van der Waals surface area contributed by atoms with Crippen molar-refractivity contribution in [3.63, 3.8) is 0 Å². The molecule has 0 atom stereocenters. The van der Waals surface area contributed by atoms with Gasteiger partial charge in [0.05, 0.1) is 12.0 Å². The maximum absolute atomic E-state index is 12.1. The van der Waals surface area contributed by atoms with Gasteiger partial charge in [-0.15, -0.1) is 10.2 Å². The number of aromatic nitrogens is 3. The molecule has 7 nitrogen and oxygen atoms in total. The van der Waals surface area contributed by atoms with E-state index in [0.717, 1.165) is 74.9 Å². The second-order valence-electron chi connectivity index (χ2n) is 8.22. The van der Waals surface area contributed by atoms with Crippen molar-refractivity contribution in [1.29, 1.82) is 0 Å². The Labute approximate surface area is 165 Å². The number of benzene rings is 1. The Morgan fingerprint density at radius 1 is 1.11 bits per heavy atom. The minimum Gasteiger partial charge on any atom is -0.395 e. The quantitative estimate of drug-likeness (QED) is 0.861. The van der Waals surface area contributed by atoms with Crippen molar-refractivity contribution < 1.29 is 9.90 Å². The Bertz CT molecular complexity index is 912. The predicted molar refractivity (Wildman–Crippen MR) is 107 cm³/mol. The molecule has 148 valence electrons. The van der Waals surface area contributed by atoms with Crippen LogP contribution in [0.25, 0.3) is 0 Å². The molecule has 0 unspecified atom stereocenters. The largest absolute Gasteiger partial charge is 0.395 e. The van der Waals surface area contributed by atoms with Crippen LogP contribution in [0.15, 0.2) is 18.2 Å². The molecule has 1 saturated heterocycles. The molecule has 2 aromatic rings. The van der Waals surface area contributed by atoms with E-state index in [9.17, 15) is 9.90 Å². The van der Waals surface area contributed by atoms with Gasteiger partial charge < -0.3 is 14.9 Å². The Hall–Kier alpha value is -2.41. The van der Waals surface area contributed by atoms with Gasteiger partial charge in [-0.3, -0.25) is 9.36 Å². The number of aliphatic hydroxyl groups excluding tert-OH is 1. The van der Waals surface area contributed by atoms with Gasteiger partial charge in [0.25, 0.3) is 0 Å². The molecule has 1 aliphatic carbocycles. The summed E-state index contributed by atoms with van der Waals surface area (Å²) < 4.78 is 2.17. The molecule has 1 amide bonds. The minimum atomic E-state index is -0.218. The average molecular weight is 381 g/mol. The van der Waals surface area contributed by atoms with Crippen LogP contribution < -0.4 is 9.80 Å². The number of carbonyl (C=O) groups is 1. The van der Waals surface area contributed by atoms with Crippen LogP contribution in [0, 0.1) is 0 Å². The van der Waals surface area contributed by atoms with Gasteiger partial charge in [-0.25, -0.2) is 0 Å². The summed E-state index contributed by atoms with van der Waals surface area (Å²) in [6.45, 7) is 4.70. The van der Waals surface area contributed by atoms with Crippen molar-refractivity contribution in [2.45, 2.75) is 57.4 Å². The van der Waals surface area contributed by atoms with Crippen LogP contribution in [0.3, 0.4) is 0 Å². The van der Waals surface area contributed by atoms with E-state index in [1.54, 1.807) is 0 Å². The third-order valence-corrected chi connectivity index (χ3v) is 6.72. The van der Waals surface area contributed by atoms with Crippen LogP contribution in [-0.4, -0.2) is 45.5 Å². The van der Waals surface area contributed by atoms with Crippen LogP contribution >= 0.6 is 0 Å². The first kappa shape index (κ1) is 17.7. The Morgan fingerprint density at radius 3 is 2.61 bits per heavy atom. The highest BCUT2D eigenvalue weighted by Crippen LogP contribution is 2.44. The van der Waals surface area contributed by atoms with Crippen molar-refractivity contribution in [2.75, 3.05) is 29.5 Å². The monoisotopic (exact) mass is 381 g/mol. The lowest BCUT2D eigenvalue weighted by molar-refractivity contribution is -0.117. The lowest BCUT2D eigenvalue weighted by atomic mass is 9.68. The number of hydrogen-bond acceptors (Lipinski definition) is 5. The molecule has 2 aliphatic heterocycles. The molecule has 7 heteroatoms. The third-order valence-electron chi connectivity index (χ3n) is 6.72. The summed E-state index contributed by atoms with van der Waals surface area (Å²) in [6, 6.07) is 6.32. The highest BCUT2D eigenvalue weighted by atomic mass is 16.3. The third kappa shape index (κ3) is 2.49. The highest BCUT2D eigenvalue weighted by Gasteiger charge is 2.43. The van der Waals surface area contributed by atoms with Crippen LogP contribution in [0.1, 0.15) is 50.4 Å². The van der Waals surface area contributed by atoms with Gasteiger partial charge >= 0.3 is 0 Å². The summed E-state index contributed by atoms with van der Waals surface area (Å²) in [5.74, 6) is 2.01. The SMILES string of the molecule is CCn1c(N2CCc3cc(N4CCCC4=O)ccc32)nnc1C1(CO)CCC1. The molecule has 1 aromatic carbocycles. The number of rotatable bonds is 5. The van der Waals surface area contributed by atoms with E-state index in [4.69, 9.17) is 0 Å². The van der Waals surface area contributed by atoms with Gasteiger partial charge in [-0.2, -0.15) is 0 Å². The lowest BCUT2D eigenvalue weighted by Crippen LogP contribution is -2.40. The molecule has 3 heterocycles. The topological polar surface area (TPSA) is 74.5 Å². The van der Waals surface area contributed by atoms with Crippen LogP contribution in [0.2, 0.25) is 0 Å². The van der Waals surface area contributed by atoms with Crippen molar-refractivity contribution in [3.8, 4) is 0 Å². The van der Waals surface area contributed by atoms with Crippen molar-refractivity contribution in [3.05, 3.63) is 29.6 Å². The fourth-order valence-corrected chi connectivity index (χ4v) is 4.92. The molecule has 0 bridgehead atoms. The number of anilines is 3. The van der Waals surface area contributed by atoms with E-state index in [1.165, 1.54) is 5.56 Å². The second-order valence-corrected chi connectivity index (χ2v) is 8.22. The molecule has 3 aliphatic rings. The fourth-order valence-electron chi connectivity index (χ4n) is 4.92. The van der Waals surface area contributed by atoms with Gasteiger partial charge in [0.15, 0.2) is 0 Å². The number of fused-ring (bicyclic) bond motifs is 1. The molecular weight excluding hydrogens is 354 g/mol. The first-order valence-corrected chi connectivity index (χ1v) is 10.4. The first-order chi connectivity index (χ1) is 13.7. The van der Waals surface area contributed by atoms with Crippen LogP contribution in [0.4, 0.5) is 17.3 Å². The Balaban J connectivity index is 1.48. The molecule has 28 heavy (non-hydrogen) atoms. The van der Waals surface area contributed by atoms with E-state index >= 15 is 0 Å². The van der Waals surface area contributed by atoms with Gasteiger partial charge in [-0.05, 0) is 56.4 Å². The van der Waals surface area contributed by atoms with Gasteiger partial charge in [0, 0.05) is 37.4 Å². The Kier molecular flexibility index (Phi) is 4.16. The molecule has 2 fully saturated rings. The summed E-state index contributed by atoms with van der Waals surface area (Å²) >= 11 is 0. The van der Waals surface area contributed by atoms with E-state index in [2.05, 4.69) is 44.8 Å². The molecule has 1 N–H and O–H groups in total. The maximum Gasteiger partial charge on any atom is 0.231 e. The standard InChI is InChI=1S/C21H27N5O2/c1-2-24-19(21(14-27)9-4-10-21)22-23-20(24)26-12-8-15-13-16(6-7-17(15)26)25-11-3-5-18(25)28/h6-7,13,27H,2-5,8-12,14H2,1H3. The van der Waals surface area contributed by atoms with E-state index in [-0.39, 0.29) is 17.9 Å². The molecular formula is C21H27N5O2. The zero-order valence-electron chi connectivity index (χ0n) is 16.4. The van der Waals surface area contributed by atoms with Crippen molar-refractivity contribution >= 4 is 23.2 Å². The number of hydrogen-bond donors (Lipinski definition) is 1. The van der Waals surface area contributed by atoms with Crippen LogP contribution in [0.5, 0.6) is 0 Å². The summed E-state index contributed by atoms with van der Waals surface area (Å²) in [7, 11) is 0. The molecule has 5 rings (SSSR count). The summed E-state index contributed by atoms with van der Waals surface area (Å²) in [5.41, 5.74) is 3.19. The second kappa shape index (κ2) is 6.58. The van der Waals surface area contributed by atoms with Crippen LogP contribution in [-0.2, 0) is 23.2 Å².